The highest BCUT2D eigenvalue weighted by molar-refractivity contribution is 9.10. The molecule has 0 spiro atoms. The summed E-state index contributed by atoms with van der Waals surface area (Å²) >= 11 is 9.49. The fraction of sp³-hybridized carbons (Fsp3) is 0.0833. The second-order valence-corrected chi connectivity index (χ2v) is 8.07. The van der Waals surface area contributed by atoms with Gasteiger partial charge in [0, 0.05) is 27.0 Å². The molecule has 1 aromatic heterocycles. The van der Waals surface area contributed by atoms with Crippen LogP contribution in [0.1, 0.15) is 15.9 Å². The Kier molecular flexibility index (Phi) is 5.93. The smallest absolute Gasteiger partial charge is 0.252 e. The van der Waals surface area contributed by atoms with Crippen LogP contribution in [0.4, 0.5) is 0 Å². The van der Waals surface area contributed by atoms with Crippen LogP contribution in [0.5, 0.6) is 0 Å². The second-order valence-electron chi connectivity index (χ2n) is 6.71. The summed E-state index contributed by atoms with van der Waals surface area (Å²) in [5, 5.41) is 4.57. The Morgan fingerprint density at radius 3 is 2.55 bits per heavy atom. The van der Waals surface area contributed by atoms with E-state index in [0.717, 1.165) is 38.6 Å². The molecule has 1 N–H and O–H groups in total. The van der Waals surface area contributed by atoms with Crippen LogP contribution >= 0.6 is 27.5 Å². The first-order valence-electron chi connectivity index (χ1n) is 9.28. The number of halogens is 2. The number of para-hydroxylation sites is 1. The predicted octanol–water partition coefficient (Wildman–Crippen LogP) is 6.29. The van der Waals surface area contributed by atoms with E-state index in [4.69, 9.17) is 16.6 Å². The zero-order chi connectivity index (χ0) is 20.2. The maximum atomic E-state index is 13.0. The number of aromatic nitrogens is 1. The molecule has 0 saturated heterocycles. The molecule has 0 atom stereocenters. The Morgan fingerprint density at radius 2 is 1.76 bits per heavy atom. The SMILES string of the molecule is O=C(NCCc1cccc(Cl)c1)c1cc(-c2ccc(Br)cc2)nc2ccccc12. The number of amides is 1. The van der Waals surface area contributed by atoms with Gasteiger partial charge in [-0.25, -0.2) is 4.98 Å². The highest BCUT2D eigenvalue weighted by Crippen LogP contribution is 2.26. The van der Waals surface area contributed by atoms with Gasteiger partial charge in [-0.3, -0.25) is 4.79 Å². The standard InChI is InChI=1S/C24H18BrClN2O/c25-18-10-8-17(9-11-18)23-15-21(20-6-1-2-7-22(20)28-23)24(29)27-13-12-16-4-3-5-19(26)14-16/h1-11,14-15H,12-13H2,(H,27,29). The van der Waals surface area contributed by atoms with E-state index in [-0.39, 0.29) is 5.91 Å². The quantitative estimate of drug-likeness (QED) is 0.376. The summed E-state index contributed by atoms with van der Waals surface area (Å²) in [7, 11) is 0. The molecule has 0 unspecified atom stereocenters. The van der Waals surface area contributed by atoms with Crippen molar-refractivity contribution in [3.8, 4) is 11.3 Å². The summed E-state index contributed by atoms with van der Waals surface area (Å²) in [6.07, 6.45) is 0.717. The monoisotopic (exact) mass is 464 g/mol. The van der Waals surface area contributed by atoms with Gasteiger partial charge in [-0.1, -0.05) is 70.0 Å². The molecule has 3 aromatic carbocycles. The minimum atomic E-state index is -0.107. The number of benzene rings is 3. The number of nitrogens with zero attached hydrogens (tertiary/aromatic N) is 1. The van der Waals surface area contributed by atoms with Crippen molar-refractivity contribution >= 4 is 44.3 Å². The van der Waals surface area contributed by atoms with E-state index in [1.54, 1.807) is 0 Å². The van der Waals surface area contributed by atoms with Crippen molar-refractivity contribution in [1.29, 1.82) is 0 Å². The summed E-state index contributed by atoms with van der Waals surface area (Å²) in [6, 6.07) is 25.2. The third-order valence-corrected chi connectivity index (χ3v) is 5.45. The Hall–Kier alpha value is -2.69. The zero-order valence-electron chi connectivity index (χ0n) is 15.5. The molecular weight excluding hydrogens is 448 g/mol. The molecule has 0 saturated carbocycles. The Labute approximate surface area is 182 Å². The predicted molar refractivity (Wildman–Crippen MR) is 122 cm³/mol. The van der Waals surface area contributed by atoms with Crippen molar-refractivity contribution in [1.82, 2.24) is 10.3 Å². The highest BCUT2D eigenvalue weighted by Gasteiger charge is 2.13. The summed E-state index contributed by atoms with van der Waals surface area (Å²) < 4.78 is 1.00. The van der Waals surface area contributed by atoms with Crippen molar-refractivity contribution in [2.75, 3.05) is 6.54 Å². The number of nitrogens with one attached hydrogen (secondary N) is 1. The Balaban J connectivity index is 1.61. The largest absolute Gasteiger partial charge is 0.352 e. The fourth-order valence-electron chi connectivity index (χ4n) is 3.24. The second kappa shape index (κ2) is 8.76. The topological polar surface area (TPSA) is 42.0 Å². The average molecular weight is 466 g/mol. The van der Waals surface area contributed by atoms with Gasteiger partial charge in [0.05, 0.1) is 16.8 Å². The van der Waals surface area contributed by atoms with Gasteiger partial charge < -0.3 is 5.32 Å². The molecule has 144 valence electrons. The lowest BCUT2D eigenvalue weighted by atomic mass is 10.0. The highest BCUT2D eigenvalue weighted by atomic mass is 79.9. The van der Waals surface area contributed by atoms with Gasteiger partial charge in [0.2, 0.25) is 0 Å². The molecule has 3 nitrogen and oxygen atoms in total. The van der Waals surface area contributed by atoms with Gasteiger partial charge in [-0.05, 0) is 48.4 Å². The molecule has 0 aliphatic rings. The van der Waals surface area contributed by atoms with E-state index in [9.17, 15) is 4.79 Å². The van der Waals surface area contributed by atoms with E-state index < -0.39 is 0 Å². The lowest BCUT2D eigenvalue weighted by molar-refractivity contribution is 0.0956. The first-order valence-corrected chi connectivity index (χ1v) is 10.5. The van der Waals surface area contributed by atoms with Gasteiger partial charge in [-0.2, -0.15) is 0 Å². The first-order chi connectivity index (χ1) is 14.1. The lowest BCUT2D eigenvalue weighted by Gasteiger charge is -2.11. The number of hydrogen-bond acceptors (Lipinski definition) is 2. The van der Waals surface area contributed by atoms with Crippen LogP contribution in [0.3, 0.4) is 0 Å². The molecule has 29 heavy (non-hydrogen) atoms. The van der Waals surface area contributed by atoms with Crippen LogP contribution in [0.15, 0.2) is 83.3 Å². The Morgan fingerprint density at radius 1 is 0.966 bits per heavy atom. The van der Waals surface area contributed by atoms with Crippen molar-refractivity contribution in [3.63, 3.8) is 0 Å². The van der Waals surface area contributed by atoms with E-state index >= 15 is 0 Å². The van der Waals surface area contributed by atoms with Crippen LogP contribution in [0, 0.1) is 0 Å². The van der Waals surface area contributed by atoms with Gasteiger partial charge in [0.25, 0.3) is 5.91 Å². The average Bonchev–Trinajstić information content (AvgIpc) is 2.73. The number of rotatable bonds is 5. The summed E-state index contributed by atoms with van der Waals surface area (Å²) in [5.74, 6) is -0.107. The number of fused-ring (bicyclic) bond motifs is 1. The van der Waals surface area contributed by atoms with Crippen LogP contribution < -0.4 is 5.32 Å². The normalized spacial score (nSPS) is 10.8. The minimum Gasteiger partial charge on any atom is -0.352 e. The molecule has 0 radical (unpaired) electrons. The number of pyridine rings is 1. The Bertz CT molecular complexity index is 1180. The van der Waals surface area contributed by atoms with E-state index in [2.05, 4.69) is 21.2 Å². The maximum absolute atomic E-state index is 13.0. The van der Waals surface area contributed by atoms with Crippen molar-refractivity contribution in [2.45, 2.75) is 6.42 Å². The molecule has 4 rings (SSSR count). The van der Waals surface area contributed by atoms with Crippen molar-refractivity contribution in [3.05, 3.63) is 99.5 Å². The molecule has 1 heterocycles. The first kappa shape index (κ1) is 19.6. The van der Waals surface area contributed by atoms with Crippen LogP contribution in [-0.2, 0) is 6.42 Å². The number of hydrogen-bond donors (Lipinski definition) is 1. The third kappa shape index (κ3) is 4.66. The van der Waals surface area contributed by atoms with E-state index in [0.29, 0.717) is 17.1 Å². The molecule has 5 heteroatoms. The van der Waals surface area contributed by atoms with Gasteiger partial charge >= 0.3 is 0 Å². The summed E-state index contributed by atoms with van der Waals surface area (Å²) in [5.41, 5.74) is 4.25. The maximum Gasteiger partial charge on any atom is 0.252 e. The van der Waals surface area contributed by atoms with Crippen LogP contribution in [0.25, 0.3) is 22.2 Å². The molecule has 0 aliphatic heterocycles. The fourth-order valence-corrected chi connectivity index (χ4v) is 3.72. The van der Waals surface area contributed by atoms with Crippen molar-refractivity contribution in [2.24, 2.45) is 0 Å². The van der Waals surface area contributed by atoms with Gasteiger partial charge in [0.1, 0.15) is 0 Å². The van der Waals surface area contributed by atoms with Crippen LogP contribution in [0.2, 0.25) is 5.02 Å². The van der Waals surface area contributed by atoms with Gasteiger partial charge in [0.15, 0.2) is 0 Å². The summed E-state index contributed by atoms with van der Waals surface area (Å²) in [4.78, 5) is 17.7. The summed E-state index contributed by atoms with van der Waals surface area (Å²) in [6.45, 7) is 0.531. The van der Waals surface area contributed by atoms with E-state index in [1.165, 1.54) is 0 Å². The zero-order valence-corrected chi connectivity index (χ0v) is 17.9. The lowest BCUT2D eigenvalue weighted by Crippen LogP contribution is -2.26. The molecule has 4 aromatic rings. The number of carbonyl (C=O) groups excluding carboxylic acids is 1. The molecule has 0 bridgehead atoms. The van der Waals surface area contributed by atoms with Crippen molar-refractivity contribution < 1.29 is 4.79 Å². The molecule has 1 amide bonds. The van der Waals surface area contributed by atoms with Crippen LogP contribution in [-0.4, -0.2) is 17.4 Å². The third-order valence-electron chi connectivity index (χ3n) is 4.69. The number of carbonyl (C=O) groups is 1. The molecular formula is C24H18BrClN2O. The molecule has 0 fully saturated rings. The minimum absolute atomic E-state index is 0.107. The van der Waals surface area contributed by atoms with Gasteiger partial charge in [-0.15, -0.1) is 0 Å². The van der Waals surface area contributed by atoms with E-state index in [1.807, 2.05) is 78.9 Å². The molecule has 0 aliphatic carbocycles.